The Balaban J connectivity index is 1.76. The number of likely N-dealkylation sites (tertiary alicyclic amines) is 1. The molecule has 1 aliphatic heterocycles. The molecule has 4 N–H and O–H groups in total. The fourth-order valence-corrected chi connectivity index (χ4v) is 5.08. The fourth-order valence-electron chi connectivity index (χ4n) is 5.08. The van der Waals surface area contributed by atoms with Gasteiger partial charge in [-0.25, -0.2) is 4.39 Å². The van der Waals surface area contributed by atoms with E-state index in [1.165, 1.54) is 18.2 Å². The number of primary amides is 1. The zero-order chi connectivity index (χ0) is 28.9. The van der Waals surface area contributed by atoms with Crippen molar-refractivity contribution in [2.45, 2.75) is 64.6 Å². The quantitative estimate of drug-likeness (QED) is 0.313. The van der Waals surface area contributed by atoms with Crippen molar-refractivity contribution in [2.75, 3.05) is 13.7 Å². The lowest BCUT2D eigenvalue weighted by molar-refractivity contribution is -0.139. The van der Waals surface area contributed by atoms with Crippen LogP contribution < -0.4 is 11.1 Å². The van der Waals surface area contributed by atoms with Crippen LogP contribution in [0, 0.1) is 18.2 Å². The van der Waals surface area contributed by atoms with Gasteiger partial charge in [0, 0.05) is 30.4 Å². The topological polar surface area (TPSA) is 126 Å². The molecule has 0 saturated carbocycles. The third kappa shape index (κ3) is 7.17. The molecule has 9 heteroatoms. The Hall–Kier alpha value is -3.85. The van der Waals surface area contributed by atoms with E-state index in [1.54, 1.807) is 49.3 Å². The predicted molar refractivity (Wildman–Crippen MR) is 148 cm³/mol. The lowest BCUT2D eigenvalue weighted by Crippen LogP contribution is -2.52. The first-order valence-corrected chi connectivity index (χ1v) is 12.9. The smallest absolute Gasteiger partial charge is 0.251 e. The van der Waals surface area contributed by atoms with Crippen LogP contribution in [0.4, 0.5) is 4.39 Å². The third-order valence-electron chi connectivity index (χ3n) is 7.33. The summed E-state index contributed by atoms with van der Waals surface area (Å²) in [4.78, 5) is 39.9. The van der Waals surface area contributed by atoms with Crippen molar-refractivity contribution in [2.24, 2.45) is 5.73 Å². The second-order valence-electron chi connectivity index (χ2n) is 10.5. The Bertz CT molecular complexity index is 1300. The number of methoxy groups -OCH3 is 1. The molecule has 1 saturated heterocycles. The number of hydrogen-bond acceptors (Lipinski definition) is 5. The second kappa shape index (κ2) is 12.3. The Kier molecular flexibility index (Phi) is 9.40. The van der Waals surface area contributed by atoms with Crippen molar-refractivity contribution in [3.05, 3.63) is 82.2 Å². The number of carbonyl (C=O) groups excluding carboxylic acids is 3. The minimum Gasteiger partial charge on any atom is -0.377 e. The van der Waals surface area contributed by atoms with Gasteiger partial charge in [0.25, 0.3) is 5.91 Å². The van der Waals surface area contributed by atoms with E-state index in [-0.39, 0.29) is 42.5 Å². The summed E-state index contributed by atoms with van der Waals surface area (Å²) in [6.45, 7) is 6.98. The number of rotatable bonds is 10. The summed E-state index contributed by atoms with van der Waals surface area (Å²) in [7, 11) is 1.60. The lowest BCUT2D eigenvalue weighted by atomic mass is 9.96. The summed E-state index contributed by atoms with van der Waals surface area (Å²) >= 11 is 0. The average Bonchev–Trinajstić information content (AvgIpc) is 3.34. The molecule has 208 valence electrons. The van der Waals surface area contributed by atoms with Crippen LogP contribution in [0.25, 0.3) is 0 Å². The molecule has 8 nitrogen and oxygen atoms in total. The maximum Gasteiger partial charge on any atom is 0.251 e. The molecule has 3 rings (SSSR count). The van der Waals surface area contributed by atoms with E-state index >= 15 is 0 Å². The van der Waals surface area contributed by atoms with Gasteiger partial charge in [-0.1, -0.05) is 18.2 Å². The Morgan fingerprint density at radius 2 is 1.92 bits per heavy atom. The molecule has 0 aromatic heterocycles. The first-order chi connectivity index (χ1) is 18.3. The van der Waals surface area contributed by atoms with Crippen LogP contribution in [0.5, 0.6) is 0 Å². The minimum absolute atomic E-state index is 0.218. The van der Waals surface area contributed by atoms with Crippen molar-refractivity contribution in [3.63, 3.8) is 0 Å². The van der Waals surface area contributed by atoms with Gasteiger partial charge in [-0.05, 0) is 87.6 Å². The highest BCUT2D eigenvalue weighted by Crippen LogP contribution is 2.41. The molecule has 0 radical (unpaired) electrons. The number of benzene rings is 2. The first kappa shape index (κ1) is 29.7. The van der Waals surface area contributed by atoms with E-state index in [1.807, 2.05) is 20.8 Å². The molecule has 2 aromatic carbocycles. The number of allylic oxidation sites excluding steroid dienone is 1. The summed E-state index contributed by atoms with van der Waals surface area (Å²) in [6, 6.07) is 10.7. The number of amides is 3. The number of nitrogens with one attached hydrogen (secondary N) is 2. The first-order valence-electron chi connectivity index (χ1n) is 12.9. The number of nitrogens with zero attached hydrogens (tertiary/aromatic N) is 1. The van der Waals surface area contributed by atoms with Gasteiger partial charge in [0.2, 0.25) is 11.8 Å². The molecule has 2 aromatic rings. The fraction of sp³-hybridized carbons (Fsp3) is 0.400. The number of aryl methyl sites for hydroxylation is 1. The second-order valence-corrected chi connectivity index (χ2v) is 10.5. The molecule has 2 atom stereocenters. The normalized spacial score (nSPS) is 17.7. The Labute approximate surface area is 228 Å². The third-order valence-corrected chi connectivity index (χ3v) is 7.33. The Morgan fingerprint density at radius 1 is 1.21 bits per heavy atom. The number of hydrogen-bond donors (Lipinski definition) is 3. The van der Waals surface area contributed by atoms with Gasteiger partial charge < -0.3 is 26.1 Å². The van der Waals surface area contributed by atoms with E-state index in [9.17, 15) is 18.8 Å². The van der Waals surface area contributed by atoms with Gasteiger partial charge in [0.05, 0.1) is 24.2 Å². The summed E-state index contributed by atoms with van der Waals surface area (Å²) in [6.07, 6.45) is 3.01. The van der Waals surface area contributed by atoms with Crippen LogP contribution >= 0.6 is 0 Å². The molecule has 0 spiro atoms. The van der Waals surface area contributed by atoms with E-state index in [4.69, 9.17) is 15.9 Å². The van der Waals surface area contributed by atoms with E-state index < -0.39 is 17.4 Å². The van der Waals surface area contributed by atoms with Crippen LogP contribution in [-0.4, -0.2) is 53.6 Å². The number of nitrogens with two attached hydrogens (primary N) is 1. The molecule has 1 heterocycles. The minimum atomic E-state index is -0.636. The molecule has 0 aliphatic carbocycles. The summed E-state index contributed by atoms with van der Waals surface area (Å²) in [5.74, 6) is -1.66. The maximum absolute atomic E-state index is 14.0. The van der Waals surface area contributed by atoms with Crippen LogP contribution in [0.2, 0.25) is 0 Å². The molecule has 1 aliphatic rings. The van der Waals surface area contributed by atoms with E-state index in [0.29, 0.717) is 29.5 Å². The monoisotopic (exact) mass is 536 g/mol. The van der Waals surface area contributed by atoms with Crippen molar-refractivity contribution >= 4 is 23.4 Å². The zero-order valence-electron chi connectivity index (χ0n) is 23.1. The predicted octanol–water partition coefficient (Wildman–Crippen LogP) is 4.02. The van der Waals surface area contributed by atoms with Gasteiger partial charge in [0.1, 0.15) is 5.82 Å². The van der Waals surface area contributed by atoms with Gasteiger partial charge >= 0.3 is 0 Å². The van der Waals surface area contributed by atoms with Crippen molar-refractivity contribution in [1.29, 1.82) is 5.41 Å². The van der Waals surface area contributed by atoms with Crippen molar-refractivity contribution in [1.82, 2.24) is 10.2 Å². The van der Waals surface area contributed by atoms with Gasteiger partial charge in [-0.2, -0.15) is 0 Å². The molecule has 3 amide bonds. The summed E-state index contributed by atoms with van der Waals surface area (Å²) in [5.41, 5.74) is 7.99. The zero-order valence-corrected chi connectivity index (χ0v) is 23.1. The molecule has 39 heavy (non-hydrogen) atoms. The van der Waals surface area contributed by atoms with Crippen molar-refractivity contribution in [3.8, 4) is 0 Å². The number of halogens is 1. The summed E-state index contributed by atoms with van der Waals surface area (Å²) < 4.78 is 19.7. The Morgan fingerprint density at radius 3 is 2.51 bits per heavy atom. The average molecular weight is 537 g/mol. The molecular formula is C30H37FN4O4. The lowest BCUT2D eigenvalue weighted by Gasteiger charge is -2.39. The molecule has 0 bridgehead atoms. The highest BCUT2D eigenvalue weighted by Gasteiger charge is 2.45. The van der Waals surface area contributed by atoms with Gasteiger partial charge in [0.15, 0.2) is 0 Å². The SMILES string of the molecule is COC(C)(C)C1CCC(c2cccc(F)c2)N1C(=O)CNC(=O)c1ccc(C/C(=C/C(C)=N)C(N)=O)c(C)c1. The van der Waals surface area contributed by atoms with Crippen LogP contribution in [0.1, 0.15) is 66.7 Å². The van der Waals surface area contributed by atoms with Gasteiger partial charge in [-0.15, -0.1) is 0 Å². The maximum atomic E-state index is 14.0. The summed E-state index contributed by atoms with van der Waals surface area (Å²) in [5, 5.41) is 10.3. The van der Waals surface area contributed by atoms with Crippen LogP contribution in [0.15, 0.2) is 54.1 Å². The largest absolute Gasteiger partial charge is 0.377 e. The van der Waals surface area contributed by atoms with Crippen LogP contribution in [0.3, 0.4) is 0 Å². The standard InChI is InChI=1S/C30H37FN4O4/c1-18-13-22(10-9-20(18)15-23(28(33)37)14-19(2)32)29(38)34-17-27(36)35-25(21-7-6-8-24(31)16-21)11-12-26(35)30(3,4)39-5/h6-10,13-14,16,25-26,32H,11-12,15,17H2,1-5H3,(H2,33,37)(H,34,38)/b23-14-,32-19?. The molecule has 2 unspecified atom stereocenters. The number of carbonyl (C=O) groups is 3. The van der Waals surface area contributed by atoms with E-state index in [0.717, 1.165) is 11.1 Å². The van der Waals surface area contributed by atoms with Crippen LogP contribution in [-0.2, 0) is 20.7 Å². The molecule has 1 fully saturated rings. The van der Waals surface area contributed by atoms with Crippen molar-refractivity contribution < 1.29 is 23.5 Å². The highest BCUT2D eigenvalue weighted by molar-refractivity contribution is 6.01. The molecular weight excluding hydrogens is 499 g/mol. The van der Waals surface area contributed by atoms with Gasteiger partial charge in [-0.3, -0.25) is 14.4 Å². The van der Waals surface area contributed by atoms with E-state index in [2.05, 4.69) is 5.32 Å². The number of ether oxygens (including phenoxy) is 1. The highest BCUT2D eigenvalue weighted by atomic mass is 19.1.